The predicted molar refractivity (Wildman–Crippen MR) is 170 cm³/mol. The van der Waals surface area contributed by atoms with Crippen molar-refractivity contribution in [2.45, 2.75) is 39.5 Å². The van der Waals surface area contributed by atoms with E-state index in [1.54, 1.807) is 62.4 Å². The molecule has 0 aliphatic heterocycles. The second kappa shape index (κ2) is 18.4. The standard InChI is InChI=1S/C36H38O10/c1-25(2)33(37)43-23-11-9-21-41-29-13-5-7-15-31(29)45-35(39)27-17-19-28(20-18-27)36(40)46-32-16-8-6-14-30(32)42-22-10-12-24-44-34(38)26(3)4/h5-8,13-20H,1,3,9-12,21-24H2,2,4H3. The molecule has 0 saturated carbocycles. The summed E-state index contributed by atoms with van der Waals surface area (Å²) in [6.07, 6.45) is 2.44. The largest absolute Gasteiger partial charge is 0.490 e. The van der Waals surface area contributed by atoms with Gasteiger partial charge in [-0.25, -0.2) is 19.2 Å². The van der Waals surface area contributed by atoms with Crippen LogP contribution in [0.15, 0.2) is 97.1 Å². The van der Waals surface area contributed by atoms with Crippen LogP contribution in [0.4, 0.5) is 0 Å². The molecule has 0 unspecified atom stereocenters. The van der Waals surface area contributed by atoms with Crippen molar-refractivity contribution in [3.8, 4) is 23.0 Å². The zero-order chi connectivity index (χ0) is 33.3. The lowest BCUT2D eigenvalue weighted by Crippen LogP contribution is -2.12. The minimum atomic E-state index is -0.629. The molecule has 3 aromatic rings. The minimum absolute atomic E-state index is 0.225. The van der Waals surface area contributed by atoms with Crippen molar-refractivity contribution >= 4 is 23.9 Å². The fraction of sp³-hybridized carbons (Fsp3) is 0.278. The second-order valence-corrected chi connectivity index (χ2v) is 10.2. The van der Waals surface area contributed by atoms with Gasteiger partial charge in [-0.1, -0.05) is 37.4 Å². The minimum Gasteiger partial charge on any atom is -0.490 e. The lowest BCUT2D eigenvalue weighted by atomic mass is 10.1. The van der Waals surface area contributed by atoms with E-state index in [0.717, 1.165) is 0 Å². The van der Waals surface area contributed by atoms with Crippen LogP contribution >= 0.6 is 0 Å². The van der Waals surface area contributed by atoms with E-state index in [-0.39, 0.29) is 35.8 Å². The van der Waals surface area contributed by atoms with Gasteiger partial charge in [0.2, 0.25) is 0 Å². The summed E-state index contributed by atoms with van der Waals surface area (Å²) in [7, 11) is 0. The van der Waals surface area contributed by atoms with E-state index in [0.29, 0.717) is 61.5 Å². The molecule has 46 heavy (non-hydrogen) atoms. The van der Waals surface area contributed by atoms with Crippen molar-refractivity contribution in [1.29, 1.82) is 0 Å². The van der Waals surface area contributed by atoms with E-state index < -0.39 is 23.9 Å². The van der Waals surface area contributed by atoms with Crippen LogP contribution < -0.4 is 18.9 Å². The summed E-state index contributed by atoms with van der Waals surface area (Å²) in [5.74, 6) is -0.842. The fourth-order valence-corrected chi connectivity index (χ4v) is 3.72. The molecule has 242 valence electrons. The predicted octanol–water partition coefficient (Wildman–Crippen LogP) is 6.68. The van der Waals surface area contributed by atoms with Gasteiger partial charge in [-0.15, -0.1) is 0 Å². The molecule has 0 aliphatic carbocycles. The van der Waals surface area contributed by atoms with Gasteiger partial charge in [0, 0.05) is 11.1 Å². The molecular weight excluding hydrogens is 592 g/mol. The number of hydrogen-bond donors (Lipinski definition) is 0. The van der Waals surface area contributed by atoms with Crippen LogP contribution in [-0.4, -0.2) is 50.3 Å². The number of unbranched alkanes of at least 4 members (excludes halogenated alkanes) is 2. The molecule has 0 fully saturated rings. The number of carbonyl (C=O) groups is 4. The van der Waals surface area contributed by atoms with Gasteiger partial charge in [0.25, 0.3) is 0 Å². The monoisotopic (exact) mass is 630 g/mol. The number of para-hydroxylation sites is 4. The first kappa shape index (κ1) is 35.1. The van der Waals surface area contributed by atoms with Crippen LogP contribution in [0.5, 0.6) is 23.0 Å². The number of hydrogen-bond acceptors (Lipinski definition) is 10. The van der Waals surface area contributed by atoms with E-state index in [9.17, 15) is 19.2 Å². The second-order valence-electron chi connectivity index (χ2n) is 10.2. The summed E-state index contributed by atoms with van der Waals surface area (Å²) in [5, 5.41) is 0. The molecule has 0 atom stereocenters. The number of benzene rings is 3. The first-order valence-corrected chi connectivity index (χ1v) is 14.8. The van der Waals surface area contributed by atoms with E-state index in [1.807, 2.05) is 0 Å². The van der Waals surface area contributed by atoms with Crippen LogP contribution in [0.2, 0.25) is 0 Å². The molecule has 0 bridgehead atoms. The molecule has 10 heteroatoms. The van der Waals surface area contributed by atoms with Crippen molar-refractivity contribution in [3.05, 3.63) is 108 Å². The van der Waals surface area contributed by atoms with Crippen LogP contribution in [0.3, 0.4) is 0 Å². The maximum Gasteiger partial charge on any atom is 0.343 e. The fourth-order valence-electron chi connectivity index (χ4n) is 3.72. The van der Waals surface area contributed by atoms with E-state index >= 15 is 0 Å². The van der Waals surface area contributed by atoms with Gasteiger partial charge in [0.15, 0.2) is 23.0 Å². The van der Waals surface area contributed by atoms with Crippen molar-refractivity contribution in [2.24, 2.45) is 0 Å². The van der Waals surface area contributed by atoms with Crippen molar-refractivity contribution < 1.29 is 47.6 Å². The Hall–Kier alpha value is -5.38. The Morgan fingerprint density at radius 1 is 0.500 bits per heavy atom. The van der Waals surface area contributed by atoms with Gasteiger partial charge < -0.3 is 28.4 Å². The van der Waals surface area contributed by atoms with Gasteiger partial charge in [0.05, 0.1) is 37.6 Å². The molecule has 3 rings (SSSR count). The van der Waals surface area contributed by atoms with E-state index in [4.69, 9.17) is 28.4 Å². The summed E-state index contributed by atoms with van der Waals surface area (Å²) in [5.41, 5.74) is 1.14. The quantitative estimate of drug-likeness (QED) is 0.0651. The highest BCUT2D eigenvalue weighted by Gasteiger charge is 2.16. The highest BCUT2D eigenvalue weighted by Crippen LogP contribution is 2.29. The third-order valence-corrected chi connectivity index (χ3v) is 6.22. The van der Waals surface area contributed by atoms with Crippen LogP contribution in [-0.2, 0) is 19.1 Å². The lowest BCUT2D eigenvalue weighted by Gasteiger charge is -2.12. The number of esters is 4. The Kier molecular flexibility index (Phi) is 14.1. The van der Waals surface area contributed by atoms with Crippen LogP contribution in [0.25, 0.3) is 0 Å². The molecule has 10 nitrogen and oxygen atoms in total. The average molecular weight is 631 g/mol. The number of ether oxygens (including phenoxy) is 6. The topological polar surface area (TPSA) is 124 Å². The van der Waals surface area contributed by atoms with Gasteiger partial charge in [-0.05, 0) is 88.1 Å². The Bertz CT molecular complexity index is 1410. The molecule has 0 saturated heterocycles. The molecule has 0 aliphatic rings. The maximum absolute atomic E-state index is 12.9. The molecule has 0 aromatic heterocycles. The summed E-state index contributed by atoms with van der Waals surface area (Å²) < 4.78 is 32.8. The first-order chi connectivity index (χ1) is 22.2. The van der Waals surface area contributed by atoms with Crippen molar-refractivity contribution in [2.75, 3.05) is 26.4 Å². The van der Waals surface area contributed by atoms with Gasteiger partial charge in [-0.3, -0.25) is 0 Å². The normalized spacial score (nSPS) is 10.3. The van der Waals surface area contributed by atoms with E-state index in [2.05, 4.69) is 13.2 Å². The lowest BCUT2D eigenvalue weighted by molar-refractivity contribution is -0.139. The maximum atomic E-state index is 12.9. The third kappa shape index (κ3) is 11.6. The highest BCUT2D eigenvalue weighted by atomic mass is 16.6. The molecule has 0 radical (unpaired) electrons. The van der Waals surface area contributed by atoms with Crippen LogP contribution in [0.1, 0.15) is 60.2 Å². The SMILES string of the molecule is C=C(C)C(=O)OCCCCOc1ccccc1OC(=O)c1ccc(C(=O)Oc2ccccc2OCCCCOC(=O)C(=C)C)cc1. The molecule has 0 amide bonds. The molecule has 0 spiro atoms. The van der Waals surface area contributed by atoms with Crippen LogP contribution in [0, 0.1) is 0 Å². The smallest absolute Gasteiger partial charge is 0.343 e. The molecular formula is C36H38O10. The highest BCUT2D eigenvalue weighted by molar-refractivity contribution is 5.95. The molecule has 3 aromatic carbocycles. The van der Waals surface area contributed by atoms with Crippen molar-refractivity contribution in [1.82, 2.24) is 0 Å². The Morgan fingerprint density at radius 3 is 1.17 bits per heavy atom. The average Bonchev–Trinajstić information content (AvgIpc) is 3.05. The van der Waals surface area contributed by atoms with Gasteiger partial charge in [-0.2, -0.15) is 0 Å². The third-order valence-electron chi connectivity index (χ3n) is 6.22. The molecule has 0 heterocycles. The zero-order valence-electron chi connectivity index (χ0n) is 26.1. The van der Waals surface area contributed by atoms with E-state index in [1.165, 1.54) is 24.3 Å². The molecule has 0 N–H and O–H groups in total. The Balaban J connectivity index is 1.48. The summed E-state index contributed by atoms with van der Waals surface area (Å²) in [6.45, 7) is 11.4. The summed E-state index contributed by atoms with van der Waals surface area (Å²) >= 11 is 0. The zero-order valence-corrected chi connectivity index (χ0v) is 26.1. The van der Waals surface area contributed by atoms with Crippen molar-refractivity contribution in [3.63, 3.8) is 0 Å². The summed E-state index contributed by atoms with van der Waals surface area (Å²) in [4.78, 5) is 48.6. The Morgan fingerprint density at radius 2 is 0.826 bits per heavy atom. The first-order valence-electron chi connectivity index (χ1n) is 14.8. The van der Waals surface area contributed by atoms with Gasteiger partial charge in [0.1, 0.15) is 0 Å². The van der Waals surface area contributed by atoms with Gasteiger partial charge >= 0.3 is 23.9 Å². The Labute approximate surface area is 268 Å². The summed E-state index contributed by atoms with van der Waals surface area (Å²) in [6, 6.07) is 19.4. The number of rotatable bonds is 18. The number of carbonyl (C=O) groups excluding carboxylic acids is 4.